The predicted octanol–water partition coefficient (Wildman–Crippen LogP) is 3.95. The van der Waals surface area contributed by atoms with E-state index in [1.807, 2.05) is 0 Å². The van der Waals surface area contributed by atoms with Crippen LogP contribution < -0.4 is 5.73 Å². The molecule has 0 radical (unpaired) electrons. The van der Waals surface area contributed by atoms with Gasteiger partial charge in [-0.15, -0.1) is 0 Å². The van der Waals surface area contributed by atoms with Gasteiger partial charge in [-0.05, 0) is 30.4 Å². The maximum Gasteiger partial charge on any atom is 0.0486 e. The zero-order valence-corrected chi connectivity index (χ0v) is 11.0. The molecule has 1 atom stereocenters. The smallest absolute Gasteiger partial charge is 0.0486 e. The van der Waals surface area contributed by atoms with Gasteiger partial charge >= 0.3 is 0 Å². The molecule has 0 saturated carbocycles. The van der Waals surface area contributed by atoms with Gasteiger partial charge in [-0.25, -0.2) is 0 Å². The monoisotopic (exact) mass is 217 g/mol. The highest BCUT2D eigenvalue weighted by molar-refractivity contribution is 5.37. The zero-order valence-electron chi connectivity index (χ0n) is 11.0. The van der Waals surface area contributed by atoms with Crippen LogP contribution in [0.4, 0.5) is 0 Å². The molecular weight excluding hydrogens is 194 g/mol. The number of nitrogens with two attached hydrogens (primary N) is 1. The minimum atomic E-state index is 0.000394. The van der Waals surface area contributed by atoms with Crippen LogP contribution in [0.5, 0.6) is 0 Å². The molecule has 1 unspecified atom stereocenters. The molecule has 0 saturated heterocycles. The molecule has 0 bridgehead atoms. The van der Waals surface area contributed by atoms with Gasteiger partial charge in [-0.2, -0.15) is 0 Å². The van der Waals surface area contributed by atoms with Gasteiger partial charge in [0.25, 0.3) is 0 Å². The lowest BCUT2D eigenvalue weighted by atomic mass is 9.82. The number of benzene rings is 1. The molecular formula is C15H23N. The highest BCUT2D eigenvalue weighted by Crippen LogP contribution is 2.29. The first-order valence-corrected chi connectivity index (χ1v) is 5.82. The molecule has 0 heterocycles. The largest absolute Gasteiger partial charge is 0.321 e. The van der Waals surface area contributed by atoms with Gasteiger partial charge in [0, 0.05) is 6.04 Å². The summed E-state index contributed by atoms with van der Waals surface area (Å²) < 4.78 is 0. The van der Waals surface area contributed by atoms with Crippen LogP contribution in [0.2, 0.25) is 0 Å². The molecule has 0 aliphatic carbocycles. The molecule has 0 amide bonds. The van der Waals surface area contributed by atoms with Gasteiger partial charge in [0.1, 0.15) is 0 Å². The van der Waals surface area contributed by atoms with Gasteiger partial charge in [-0.1, -0.05) is 56.7 Å². The van der Waals surface area contributed by atoms with Crippen molar-refractivity contribution in [1.82, 2.24) is 0 Å². The Kier molecular flexibility index (Phi) is 3.93. The summed E-state index contributed by atoms with van der Waals surface area (Å²) in [6.45, 7) is 10.8. The molecule has 0 aromatic heterocycles. The van der Waals surface area contributed by atoms with E-state index in [4.69, 9.17) is 5.73 Å². The fourth-order valence-electron chi connectivity index (χ4n) is 1.92. The second-order valence-corrected chi connectivity index (χ2v) is 5.61. The first kappa shape index (κ1) is 13.0. The third kappa shape index (κ3) is 3.21. The van der Waals surface area contributed by atoms with E-state index in [1.54, 1.807) is 0 Å². The molecule has 88 valence electrons. The molecule has 0 spiro atoms. The predicted molar refractivity (Wildman–Crippen MR) is 71.5 cm³/mol. The van der Waals surface area contributed by atoms with E-state index in [0.717, 1.165) is 0 Å². The Bertz CT molecular complexity index is 379. The summed E-state index contributed by atoms with van der Waals surface area (Å²) in [4.78, 5) is 0. The molecule has 1 aromatic rings. The van der Waals surface area contributed by atoms with Crippen molar-refractivity contribution >= 4 is 0 Å². The number of hydrogen-bond donors (Lipinski definition) is 1. The van der Waals surface area contributed by atoms with Crippen molar-refractivity contribution in [2.45, 2.75) is 46.1 Å². The maximum absolute atomic E-state index is 6.22. The van der Waals surface area contributed by atoms with E-state index in [-0.39, 0.29) is 11.5 Å². The van der Waals surface area contributed by atoms with Gasteiger partial charge in [0.05, 0.1) is 0 Å². The first-order chi connectivity index (χ1) is 7.32. The molecule has 16 heavy (non-hydrogen) atoms. The zero-order chi connectivity index (χ0) is 12.3. The van der Waals surface area contributed by atoms with Crippen molar-refractivity contribution in [2.75, 3.05) is 0 Å². The molecule has 0 fully saturated rings. The van der Waals surface area contributed by atoms with Crippen molar-refractivity contribution in [1.29, 1.82) is 0 Å². The second-order valence-electron chi connectivity index (χ2n) is 5.61. The average Bonchev–Trinajstić information content (AvgIpc) is 2.15. The van der Waals surface area contributed by atoms with Crippen LogP contribution in [0.1, 0.15) is 51.8 Å². The van der Waals surface area contributed by atoms with Crippen molar-refractivity contribution in [3.05, 3.63) is 47.0 Å². The van der Waals surface area contributed by atoms with Crippen LogP contribution >= 0.6 is 0 Å². The lowest BCUT2D eigenvalue weighted by molar-refractivity contribution is 0.578. The minimum Gasteiger partial charge on any atom is -0.321 e. The van der Waals surface area contributed by atoms with Crippen molar-refractivity contribution in [3.63, 3.8) is 0 Å². The quantitative estimate of drug-likeness (QED) is 0.746. The molecule has 2 N–H and O–H groups in total. The average molecular weight is 217 g/mol. The second kappa shape index (κ2) is 4.84. The van der Waals surface area contributed by atoms with Gasteiger partial charge in [0.2, 0.25) is 0 Å². The Hall–Kier alpha value is -1.08. The lowest BCUT2D eigenvalue weighted by Gasteiger charge is -2.25. The number of allylic oxidation sites excluding steroid dienone is 1. The summed E-state index contributed by atoms with van der Waals surface area (Å²) in [6, 6.07) is 8.45. The normalized spacial score (nSPS) is 13.4. The summed E-state index contributed by atoms with van der Waals surface area (Å²) in [6.07, 6.45) is 2.12. The Morgan fingerprint density at radius 3 is 2.25 bits per heavy atom. The van der Waals surface area contributed by atoms with Gasteiger partial charge < -0.3 is 5.73 Å². The molecule has 0 aliphatic rings. The van der Waals surface area contributed by atoms with Crippen LogP contribution in [-0.2, 0) is 5.41 Å². The van der Waals surface area contributed by atoms with Crippen LogP contribution in [-0.4, -0.2) is 0 Å². The fourth-order valence-corrected chi connectivity index (χ4v) is 1.92. The van der Waals surface area contributed by atoms with E-state index in [0.29, 0.717) is 0 Å². The Balaban J connectivity index is 3.19. The van der Waals surface area contributed by atoms with Crippen molar-refractivity contribution in [2.24, 2.45) is 5.73 Å². The molecule has 1 aromatic carbocycles. The van der Waals surface area contributed by atoms with E-state index in [1.165, 1.54) is 16.7 Å². The third-order valence-electron chi connectivity index (χ3n) is 2.64. The molecule has 1 nitrogen and oxygen atoms in total. The number of rotatable bonds is 2. The first-order valence-electron chi connectivity index (χ1n) is 5.82. The van der Waals surface area contributed by atoms with Gasteiger partial charge in [-0.3, -0.25) is 0 Å². The summed E-state index contributed by atoms with van der Waals surface area (Å²) >= 11 is 0. The highest BCUT2D eigenvalue weighted by Gasteiger charge is 2.19. The Morgan fingerprint density at radius 2 is 1.75 bits per heavy atom. The lowest BCUT2D eigenvalue weighted by Crippen LogP contribution is -2.18. The summed E-state index contributed by atoms with van der Waals surface area (Å²) in [7, 11) is 0. The van der Waals surface area contributed by atoms with Crippen LogP contribution in [0.3, 0.4) is 0 Å². The van der Waals surface area contributed by atoms with E-state index in [9.17, 15) is 0 Å². The van der Waals surface area contributed by atoms with Crippen LogP contribution in [0.25, 0.3) is 0 Å². The van der Waals surface area contributed by atoms with Gasteiger partial charge in [0.15, 0.2) is 0 Å². The SMILES string of the molecule is CC(C)=CC(N)c1ccccc1C(C)(C)C. The Morgan fingerprint density at radius 1 is 1.19 bits per heavy atom. The highest BCUT2D eigenvalue weighted by atomic mass is 14.6. The molecule has 1 rings (SSSR count). The van der Waals surface area contributed by atoms with E-state index < -0.39 is 0 Å². The standard InChI is InChI=1S/C15H23N/c1-11(2)10-14(16)12-8-6-7-9-13(12)15(3,4)5/h6-10,14H,16H2,1-5H3. The summed E-state index contributed by atoms with van der Waals surface area (Å²) in [5.74, 6) is 0. The van der Waals surface area contributed by atoms with E-state index >= 15 is 0 Å². The number of hydrogen-bond acceptors (Lipinski definition) is 1. The summed E-state index contributed by atoms with van der Waals surface area (Å²) in [5.41, 5.74) is 10.2. The van der Waals surface area contributed by atoms with Crippen molar-refractivity contribution < 1.29 is 0 Å². The topological polar surface area (TPSA) is 26.0 Å². The minimum absolute atomic E-state index is 0.000394. The third-order valence-corrected chi connectivity index (χ3v) is 2.64. The molecule has 0 aliphatic heterocycles. The fraction of sp³-hybridized carbons (Fsp3) is 0.467. The summed E-state index contributed by atoms with van der Waals surface area (Å²) in [5, 5.41) is 0. The molecule has 1 heteroatoms. The maximum atomic E-state index is 6.22. The van der Waals surface area contributed by atoms with Crippen LogP contribution in [0.15, 0.2) is 35.9 Å². The van der Waals surface area contributed by atoms with E-state index in [2.05, 4.69) is 65.0 Å². The van der Waals surface area contributed by atoms with Crippen LogP contribution in [0, 0.1) is 0 Å². The Labute approximate surface area is 99.4 Å². The van der Waals surface area contributed by atoms with Crippen molar-refractivity contribution in [3.8, 4) is 0 Å².